The van der Waals surface area contributed by atoms with Gasteiger partial charge in [0.25, 0.3) is 0 Å². The van der Waals surface area contributed by atoms with Gasteiger partial charge in [-0.15, -0.1) is 0 Å². The van der Waals surface area contributed by atoms with Crippen molar-refractivity contribution in [3.8, 4) is 0 Å². The lowest BCUT2D eigenvalue weighted by Gasteiger charge is -2.34. The zero-order chi connectivity index (χ0) is 50.8. The highest BCUT2D eigenvalue weighted by atomic mass is 16.5. The molecule has 0 aliphatic carbocycles. The number of nitrogens with zero attached hydrogens (tertiary/aromatic N) is 3. The summed E-state index contributed by atoms with van der Waals surface area (Å²) in [7, 11) is 0. The molecule has 3 aliphatic heterocycles. The summed E-state index contributed by atoms with van der Waals surface area (Å²) in [5.41, 5.74) is 5.35. The highest BCUT2D eigenvalue weighted by molar-refractivity contribution is 5.76. The molecule has 0 spiro atoms. The van der Waals surface area contributed by atoms with Crippen molar-refractivity contribution < 1.29 is 29.6 Å². The molecule has 0 radical (unpaired) electrons. The molecular weight excluding hydrogens is 911 g/mol. The maximum absolute atomic E-state index is 12.5. The lowest BCUT2D eigenvalue weighted by molar-refractivity contribution is -0.123. The number of hydrogen-bond donors (Lipinski definition) is 5. The van der Waals surface area contributed by atoms with E-state index in [1.807, 2.05) is 103 Å². The van der Waals surface area contributed by atoms with Crippen molar-refractivity contribution in [3.05, 3.63) is 179 Å². The average molecular weight is 1000 g/mol. The van der Waals surface area contributed by atoms with E-state index in [-0.39, 0.29) is 43.6 Å². The third kappa shape index (κ3) is 20.5. The smallest absolute Gasteiger partial charge is 0.220 e. The van der Waals surface area contributed by atoms with Gasteiger partial charge >= 0.3 is 0 Å². The monoisotopic (exact) mass is 1000 g/mol. The third-order valence-electron chi connectivity index (χ3n) is 14.3. The van der Waals surface area contributed by atoms with Gasteiger partial charge in [-0.3, -0.25) is 19.5 Å². The van der Waals surface area contributed by atoms with E-state index in [2.05, 4.69) is 94.6 Å². The van der Waals surface area contributed by atoms with Crippen LogP contribution in [0.5, 0.6) is 0 Å². The molecule has 8 rings (SSSR count). The Morgan fingerprint density at radius 1 is 0.548 bits per heavy atom. The lowest BCUT2D eigenvalue weighted by atomic mass is 9.99. The fraction of sp³-hybridized carbons (Fsp3) is 0.500. The summed E-state index contributed by atoms with van der Waals surface area (Å²) in [5, 5.41) is 39.0. The molecule has 1 unspecified atom stereocenters. The second-order valence-corrected chi connectivity index (χ2v) is 19.7. The van der Waals surface area contributed by atoms with Crippen LogP contribution in [-0.2, 0) is 14.3 Å². The maximum Gasteiger partial charge on any atom is 0.220 e. The van der Waals surface area contributed by atoms with Crippen LogP contribution in [0.4, 0.5) is 0 Å². The fourth-order valence-corrected chi connectivity index (χ4v) is 9.73. The minimum absolute atomic E-state index is 0. The Kier molecular flexibility index (Phi) is 26.9. The van der Waals surface area contributed by atoms with Gasteiger partial charge in [-0.1, -0.05) is 205 Å². The zero-order valence-corrected chi connectivity index (χ0v) is 43.4. The second-order valence-electron chi connectivity index (χ2n) is 19.7. The van der Waals surface area contributed by atoms with Gasteiger partial charge in [-0.25, -0.2) is 0 Å². The summed E-state index contributed by atoms with van der Waals surface area (Å²) in [4.78, 5) is 19.5. The first-order chi connectivity index (χ1) is 35.2. The van der Waals surface area contributed by atoms with Crippen molar-refractivity contribution in [2.24, 2.45) is 0 Å². The molecule has 5 aromatic carbocycles. The molecule has 73 heavy (non-hydrogen) atoms. The number of unbranched alkanes of at least 4 members (excludes halogenated alkanes) is 6. The van der Waals surface area contributed by atoms with Crippen molar-refractivity contribution in [1.82, 2.24) is 25.3 Å². The van der Waals surface area contributed by atoms with Gasteiger partial charge in [-0.2, -0.15) is 0 Å². The Morgan fingerprint density at radius 3 is 1.42 bits per heavy atom. The summed E-state index contributed by atoms with van der Waals surface area (Å²) in [6, 6.07) is 50.7. The van der Waals surface area contributed by atoms with Gasteiger partial charge in [0.2, 0.25) is 5.91 Å². The van der Waals surface area contributed by atoms with Crippen LogP contribution in [-0.4, -0.2) is 126 Å². The van der Waals surface area contributed by atoms with Crippen molar-refractivity contribution in [3.63, 3.8) is 0 Å². The average Bonchev–Trinajstić information content (AvgIpc) is 4.25. The minimum atomic E-state index is -0.706. The molecule has 5 N–H and O–H groups in total. The van der Waals surface area contributed by atoms with E-state index in [1.165, 1.54) is 43.2 Å². The first kappa shape index (κ1) is 59.1. The van der Waals surface area contributed by atoms with E-state index in [0.29, 0.717) is 32.2 Å². The van der Waals surface area contributed by atoms with Gasteiger partial charge < -0.3 is 35.4 Å². The van der Waals surface area contributed by atoms with E-state index >= 15 is 0 Å². The summed E-state index contributed by atoms with van der Waals surface area (Å²) in [6.07, 6.45) is 7.26. The Morgan fingerprint density at radius 2 is 0.945 bits per heavy atom. The van der Waals surface area contributed by atoms with Crippen molar-refractivity contribution >= 4 is 5.91 Å². The molecule has 5 aromatic rings. The summed E-state index contributed by atoms with van der Waals surface area (Å²) < 4.78 is 10.9. The van der Waals surface area contributed by atoms with Crippen molar-refractivity contribution in [2.45, 2.75) is 128 Å². The molecule has 3 fully saturated rings. The Labute approximate surface area is 438 Å². The molecule has 398 valence electrons. The van der Waals surface area contributed by atoms with Gasteiger partial charge in [0, 0.05) is 64.3 Å². The van der Waals surface area contributed by atoms with E-state index in [9.17, 15) is 20.1 Å². The highest BCUT2D eigenvalue weighted by Crippen LogP contribution is 2.38. The molecule has 11 heteroatoms. The van der Waals surface area contributed by atoms with Crippen LogP contribution < -0.4 is 10.6 Å². The molecule has 3 saturated heterocycles. The summed E-state index contributed by atoms with van der Waals surface area (Å²) in [6.45, 7) is 15.4. The lowest BCUT2D eigenvalue weighted by Crippen LogP contribution is -2.49. The molecule has 1 amide bonds. The predicted octanol–water partition coefficient (Wildman–Crippen LogP) is 10.3. The highest BCUT2D eigenvalue weighted by Gasteiger charge is 2.43. The van der Waals surface area contributed by atoms with Crippen molar-refractivity contribution in [2.75, 3.05) is 72.2 Å². The number of benzene rings is 5. The number of aliphatic hydroxyl groups excluding tert-OH is 3. The third-order valence-corrected chi connectivity index (χ3v) is 14.3. The topological polar surface area (TPSA) is 130 Å². The molecule has 0 bridgehead atoms. The van der Waals surface area contributed by atoms with Crippen LogP contribution in [0, 0.1) is 0 Å². The first-order valence-electron chi connectivity index (χ1n) is 26.9. The molecule has 3 aliphatic rings. The SMILES string of the molecule is C.CCCCCCCCCC(=O)N[C@H](CN1CCOCC1)[C@H](O)c1ccccc1.C[C@@H](c1ccccc1)N1C[C@@H]1[C@H](O)c1ccccc1.C[C@H](N[C@H](CN1CCOCC1)[C@H](O)c1ccccc1)c1ccccc1. The van der Waals surface area contributed by atoms with E-state index in [1.54, 1.807) is 0 Å². The quantitative estimate of drug-likeness (QED) is 0.0301. The minimum Gasteiger partial charge on any atom is -0.387 e. The molecule has 3 heterocycles. The van der Waals surface area contributed by atoms with Crippen molar-refractivity contribution in [1.29, 1.82) is 0 Å². The van der Waals surface area contributed by atoms with Gasteiger partial charge in [0.05, 0.1) is 56.8 Å². The fourth-order valence-electron chi connectivity index (χ4n) is 9.73. The zero-order valence-electron chi connectivity index (χ0n) is 43.4. The number of ether oxygens (including phenoxy) is 2. The van der Waals surface area contributed by atoms with E-state index in [0.717, 1.165) is 82.0 Å². The Balaban J connectivity index is 0.000000205. The number of hydrogen-bond acceptors (Lipinski definition) is 10. The van der Waals surface area contributed by atoms with Crippen LogP contribution in [0.25, 0.3) is 0 Å². The van der Waals surface area contributed by atoms with Gasteiger partial charge in [-0.05, 0) is 48.1 Å². The standard InChI is InChI=1S/C23H38N2O3.C21H28N2O2.C17H19NO.CH4/c1-2-3-4-5-6-7-11-14-22(26)24-21(19-25-15-17-28-18-16-25)23(27)20-12-9-8-10-13-20;1-17(18-8-4-2-5-9-18)22-20(16-23-12-14-25-15-13-23)21(24)19-10-6-3-7-11-19;1-13(14-8-4-2-5-9-14)18-12-16(18)17(19)15-10-6-3-7-11-15;/h8-10,12-13,21,23,27H,2-7,11,14-19H2,1H3,(H,24,26);2-11,17,20-22,24H,12-16H2,1H3;2-11,13,16-17,19H,12H2,1H3;1H4/t21-,23-;17-,20+,21+;13-,16+,17+,18?;/m100./s1. The number of morpholine rings is 2. The maximum atomic E-state index is 12.5. The van der Waals surface area contributed by atoms with Crippen LogP contribution >= 0.6 is 0 Å². The predicted molar refractivity (Wildman–Crippen MR) is 297 cm³/mol. The van der Waals surface area contributed by atoms with Crippen LogP contribution in [0.2, 0.25) is 0 Å². The number of aliphatic hydroxyl groups is 3. The van der Waals surface area contributed by atoms with Crippen LogP contribution in [0.15, 0.2) is 152 Å². The van der Waals surface area contributed by atoms with Gasteiger partial charge in [0.1, 0.15) is 6.10 Å². The van der Waals surface area contributed by atoms with Gasteiger partial charge in [0.15, 0.2) is 0 Å². The molecular formula is C62H89N5O6. The normalized spacial score (nSPS) is 19.6. The van der Waals surface area contributed by atoms with Crippen LogP contribution in [0.3, 0.4) is 0 Å². The van der Waals surface area contributed by atoms with E-state index in [4.69, 9.17) is 9.47 Å². The summed E-state index contributed by atoms with van der Waals surface area (Å²) in [5.74, 6) is 0.0433. The van der Waals surface area contributed by atoms with Crippen LogP contribution in [0.1, 0.15) is 138 Å². The Bertz CT molecular complexity index is 2120. The molecule has 0 saturated carbocycles. The first-order valence-corrected chi connectivity index (χ1v) is 26.9. The molecule has 11 nitrogen and oxygen atoms in total. The number of carbonyl (C=O) groups is 1. The number of nitrogens with one attached hydrogen (secondary N) is 2. The number of rotatable bonds is 24. The molecule has 0 aromatic heterocycles. The largest absolute Gasteiger partial charge is 0.387 e. The number of carbonyl (C=O) groups excluding carboxylic acids is 1. The van der Waals surface area contributed by atoms with E-state index < -0.39 is 12.2 Å². The number of amides is 1. The summed E-state index contributed by atoms with van der Waals surface area (Å²) >= 11 is 0. The Hall–Kier alpha value is -4.79. The molecule has 9 atom stereocenters. The second kappa shape index (κ2) is 33.2.